The van der Waals surface area contributed by atoms with Gasteiger partial charge >= 0.3 is 4.87 Å². The average molecular weight is 488 g/mol. The van der Waals surface area contributed by atoms with Gasteiger partial charge in [-0.25, -0.2) is 0 Å². The second-order valence-electron chi connectivity index (χ2n) is 9.45. The van der Waals surface area contributed by atoms with Gasteiger partial charge in [0.25, 0.3) is 11.8 Å². The van der Waals surface area contributed by atoms with E-state index in [2.05, 4.69) is 23.9 Å². The summed E-state index contributed by atoms with van der Waals surface area (Å²) in [6, 6.07) is 7.11. The molecule has 0 radical (unpaired) electrons. The summed E-state index contributed by atoms with van der Waals surface area (Å²) in [5, 5.41) is 7.22. The molecule has 1 saturated heterocycles. The number of aromatic nitrogens is 1. The highest BCUT2D eigenvalue weighted by atomic mass is 35.5. The minimum atomic E-state index is -0.309. The number of carbonyl (C=O) groups is 2. The van der Waals surface area contributed by atoms with E-state index in [0.29, 0.717) is 5.02 Å². The number of fused-ring (bicyclic) bond motifs is 9. The van der Waals surface area contributed by atoms with Crippen LogP contribution in [-0.4, -0.2) is 33.3 Å². The lowest BCUT2D eigenvalue weighted by Gasteiger charge is -2.48. The summed E-state index contributed by atoms with van der Waals surface area (Å²) in [5.74, 6) is -0.414. The number of nitrogens with zero attached hydrogens (tertiary/aromatic N) is 2. The van der Waals surface area contributed by atoms with Gasteiger partial charge in [0.1, 0.15) is 0 Å². The molecule has 6 rings (SSSR count). The summed E-state index contributed by atoms with van der Waals surface area (Å²) in [4.78, 5) is 43.0. The number of hydrogen-bond acceptors (Lipinski definition) is 6. The van der Waals surface area contributed by atoms with Crippen molar-refractivity contribution < 1.29 is 9.59 Å². The average Bonchev–Trinajstić information content (AvgIpc) is 3.50. The largest absolute Gasteiger partial charge is 0.307 e. The van der Waals surface area contributed by atoms with Crippen LogP contribution in [0.5, 0.6) is 0 Å². The Morgan fingerprint density at radius 2 is 1.88 bits per heavy atom. The van der Waals surface area contributed by atoms with Crippen LogP contribution in [0.2, 0.25) is 5.02 Å². The molecule has 4 unspecified atom stereocenters. The highest BCUT2D eigenvalue weighted by Crippen LogP contribution is 2.69. The molecule has 3 fully saturated rings. The summed E-state index contributed by atoms with van der Waals surface area (Å²) in [6.07, 6.45) is 3.35. The Hall–Kier alpha value is -1.90. The van der Waals surface area contributed by atoms with Crippen molar-refractivity contribution in [2.24, 2.45) is 34.7 Å². The molecular weight excluding hydrogens is 466 g/mol. The molecule has 32 heavy (non-hydrogen) atoms. The molecule has 3 heterocycles. The minimum Gasteiger partial charge on any atom is -0.307 e. The molecule has 6 nitrogen and oxygen atoms in total. The standard InChI is InChI=1S/C23H22ClN3O3S2/c1-3-23(2)16-12-8-13(17(16)31-19-18(23)32-22(30)26-19)15-14(12)20(28)27(21(15)29)25-9-10-4-6-11(24)7-5-10/h4-7,9,12-17H,3,8H2,1-2H3,(H,26,30)/b25-9+/t12-,13-,14?,15?,16?,17?,23+/m0/s1. The third-order valence-electron chi connectivity index (χ3n) is 8.13. The normalized spacial score (nSPS) is 37.3. The summed E-state index contributed by atoms with van der Waals surface area (Å²) in [5.41, 5.74) is 0.620. The van der Waals surface area contributed by atoms with Crippen LogP contribution in [-0.2, 0) is 15.0 Å². The van der Waals surface area contributed by atoms with E-state index < -0.39 is 0 Å². The topological polar surface area (TPSA) is 82.6 Å². The fraction of sp³-hybridized carbons (Fsp3) is 0.478. The fourth-order valence-electron chi connectivity index (χ4n) is 6.66. The second-order valence-corrected chi connectivity index (χ2v) is 12.1. The predicted molar refractivity (Wildman–Crippen MR) is 125 cm³/mol. The number of hydrogen-bond donors (Lipinski definition) is 1. The Morgan fingerprint density at radius 1 is 1.19 bits per heavy atom. The van der Waals surface area contributed by atoms with E-state index in [1.807, 2.05) is 0 Å². The van der Waals surface area contributed by atoms with Crippen LogP contribution in [0.15, 0.2) is 39.2 Å². The van der Waals surface area contributed by atoms with Crippen molar-refractivity contribution in [2.45, 2.75) is 42.4 Å². The second kappa shape index (κ2) is 7.05. The molecule has 2 bridgehead atoms. The Balaban J connectivity index is 1.34. The van der Waals surface area contributed by atoms with Crippen LogP contribution in [0.4, 0.5) is 0 Å². The van der Waals surface area contributed by atoms with Gasteiger partial charge in [-0.3, -0.25) is 14.4 Å². The zero-order valence-corrected chi connectivity index (χ0v) is 20.0. The molecule has 7 atom stereocenters. The number of hydrazone groups is 1. The van der Waals surface area contributed by atoms with Crippen LogP contribution in [0.3, 0.4) is 0 Å². The first-order valence-corrected chi connectivity index (χ1v) is 13.0. The van der Waals surface area contributed by atoms with Gasteiger partial charge in [0.05, 0.1) is 23.1 Å². The molecule has 2 saturated carbocycles. The minimum absolute atomic E-state index is 0.0236. The highest BCUT2D eigenvalue weighted by molar-refractivity contribution is 8.00. The van der Waals surface area contributed by atoms with Crippen molar-refractivity contribution in [1.82, 2.24) is 9.99 Å². The van der Waals surface area contributed by atoms with Crippen LogP contribution in [0, 0.1) is 29.6 Å². The predicted octanol–water partition coefficient (Wildman–Crippen LogP) is 4.13. The third kappa shape index (κ3) is 2.66. The number of aromatic amines is 1. The van der Waals surface area contributed by atoms with Crippen molar-refractivity contribution >= 4 is 52.7 Å². The van der Waals surface area contributed by atoms with Gasteiger partial charge in [0, 0.05) is 20.6 Å². The molecule has 2 aliphatic carbocycles. The van der Waals surface area contributed by atoms with Crippen molar-refractivity contribution in [3.63, 3.8) is 0 Å². The Bertz CT molecular complexity index is 1220. The van der Waals surface area contributed by atoms with Gasteiger partial charge < -0.3 is 4.98 Å². The van der Waals surface area contributed by atoms with Gasteiger partial charge in [-0.15, -0.1) is 11.8 Å². The van der Waals surface area contributed by atoms with E-state index in [0.717, 1.165) is 33.3 Å². The van der Waals surface area contributed by atoms with Crippen molar-refractivity contribution in [2.75, 3.05) is 0 Å². The summed E-state index contributed by atoms with van der Waals surface area (Å²) in [6.45, 7) is 4.40. The quantitative estimate of drug-likeness (QED) is 0.521. The lowest BCUT2D eigenvalue weighted by molar-refractivity contribution is -0.140. The molecule has 9 heteroatoms. The van der Waals surface area contributed by atoms with E-state index in [4.69, 9.17) is 11.6 Å². The molecule has 1 aromatic heterocycles. The first-order valence-electron chi connectivity index (χ1n) is 10.9. The van der Waals surface area contributed by atoms with Gasteiger partial charge in [-0.2, -0.15) is 10.1 Å². The number of thioether (sulfide) groups is 1. The van der Waals surface area contributed by atoms with Gasteiger partial charge in [-0.1, -0.05) is 48.9 Å². The van der Waals surface area contributed by atoms with Crippen LogP contribution in [0.1, 0.15) is 37.1 Å². The smallest absolute Gasteiger partial charge is 0.305 e. The number of halogens is 1. The number of benzene rings is 1. The maximum absolute atomic E-state index is 13.4. The number of H-pyrrole nitrogens is 1. The highest BCUT2D eigenvalue weighted by Gasteiger charge is 2.71. The first-order chi connectivity index (χ1) is 15.3. The monoisotopic (exact) mass is 487 g/mol. The first kappa shape index (κ1) is 20.7. The van der Waals surface area contributed by atoms with Gasteiger partial charge in [0.15, 0.2) is 0 Å². The van der Waals surface area contributed by atoms with Crippen molar-refractivity contribution in [3.8, 4) is 0 Å². The molecule has 2 aromatic rings. The lowest BCUT2D eigenvalue weighted by atomic mass is 9.62. The fourth-order valence-corrected chi connectivity index (χ4v) is 9.99. The third-order valence-corrected chi connectivity index (χ3v) is 11.1. The van der Waals surface area contributed by atoms with Crippen LogP contribution >= 0.6 is 34.7 Å². The molecular formula is C23H22ClN3O3S2. The number of imide groups is 1. The zero-order chi connectivity index (χ0) is 22.4. The maximum atomic E-state index is 13.4. The van der Waals surface area contributed by atoms with Crippen LogP contribution in [0.25, 0.3) is 0 Å². The molecule has 1 N–H and O–H groups in total. The number of rotatable bonds is 3. The SMILES string of the molecule is CC[C@@]1(C)c2sc(=O)[nH]c2SC2C1[C@H]1C[C@H]2C2C(=O)N(/N=C/c3ccc(Cl)cc3)C(=O)C21. The number of amides is 2. The van der Waals surface area contributed by atoms with E-state index >= 15 is 0 Å². The molecule has 166 valence electrons. The molecule has 2 aliphatic heterocycles. The van der Waals surface area contributed by atoms with Crippen LogP contribution < -0.4 is 4.87 Å². The molecule has 4 aliphatic rings. The van der Waals surface area contributed by atoms with E-state index in [1.54, 1.807) is 42.2 Å². The number of nitrogens with one attached hydrogen (secondary N) is 1. The van der Waals surface area contributed by atoms with E-state index in [-0.39, 0.29) is 56.9 Å². The Kier molecular flexibility index (Phi) is 4.56. The molecule has 1 aromatic carbocycles. The number of carbonyl (C=O) groups excluding carboxylic acids is 2. The van der Waals surface area contributed by atoms with Crippen molar-refractivity contribution in [1.29, 1.82) is 0 Å². The lowest BCUT2D eigenvalue weighted by Crippen LogP contribution is -2.49. The van der Waals surface area contributed by atoms with Gasteiger partial charge in [-0.05, 0) is 48.3 Å². The van der Waals surface area contributed by atoms with E-state index in [1.165, 1.54) is 11.3 Å². The van der Waals surface area contributed by atoms with Crippen molar-refractivity contribution in [3.05, 3.63) is 49.4 Å². The summed E-state index contributed by atoms with van der Waals surface area (Å²) in [7, 11) is 0. The molecule has 0 spiro atoms. The maximum Gasteiger partial charge on any atom is 0.305 e. The van der Waals surface area contributed by atoms with Gasteiger partial charge in [0.2, 0.25) is 0 Å². The zero-order valence-electron chi connectivity index (χ0n) is 17.6. The Labute approximate surface area is 198 Å². The Morgan fingerprint density at radius 3 is 2.56 bits per heavy atom. The van der Waals surface area contributed by atoms with E-state index in [9.17, 15) is 14.4 Å². The molecule has 2 amide bonds. The summed E-state index contributed by atoms with van der Waals surface area (Å²) >= 11 is 8.95. The number of thiazole rings is 1. The summed E-state index contributed by atoms with van der Waals surface area (Å²) < 4.78 is 0.